The Balaban J connectivity index is 1.73. The Morgan fingerprint density at radius 2 is 1.72 bits per heavy atom. The maximum atomic E-state index is 13.0. The number of anilines is 1. The van der Waals surface area contributed by atoms with Gasteiger partial charge in [-0.3, -0.25) is 0 Å². The van der Waals surface area contributed by atoms with Gasteiger partial charge in [-0.05, 0) is 75.6 Å². The first-order valence-corrected chi connectivity index (χ1v) is 10.2. The van der Waals surface area contributed by atoms with Crippen LogP contribution in [0.1, 0.15) is 41.8 Å². The van der Waals surface area contributed by atoms with Crippen LogP contribution in [-0.2, 0) is 13.1 Å². The van der Waals surface area contributed by atoms with Gasteiger partial charge in [-0.15, -0.1) is 0 Å². The quantitative estimate of drug-likeness (QED) is 0.559. The molecule has 152 valence electrons. The molecule has 0 fully saturated rings. The van der Waals surface area contributed by atoms with Crippen LogP contribution in [-0.4, -0.2) is 21.5 Å². The van der Waals surface area contributed by atoms with Gasteiger partial charge in [-0.25, -0.2) is 4.79 Å². The molecule has 3 rings (SSSR count). The second-order valence-corrected chi connectivity index (χ2v) is 8.06. The first-order chi connectivity index (χ1) is 13.8. The molecule has 2 amide bonds. The molecule has 0 aliphatic heterocycles. The fourth-order valence-corrected chi connectivity index (χ4v) is 3.32. The lowest BCUT2D eigenvalue weighted by Crippen LogP contribution is -2.40. The van der Waals surface area contributed by atoms with Gasteiger partial charge >= 0.3 is 6.03 Å². The summed E-state index contributed by atoms with van der Waals surface area (Å²) in [7, 11) is 0. The summed E-state index contributed by atoms with van der Waals surface area (Å²) in [6.45, 7) is 11.7. The van der Waals surface area contributed by atoms with Crippen LogP contribution in [0, 0.1) is 20.8 Å². The van der Waals surface area contributed by atoms with Crippen molar-refractivity contribution in [1.82, 2.24) is 9.47 Å². The Kier molecular flexibility index (Phi) is 6.42. The van der Waals surface area contributed by atoms with Gasteiger partial charge in [0, 0.05) is 30.2 Å². The largest absolute Gasteiger partial charge is 0.345 e. The lowest BCUT2D eigenvalue weighted by atomic mass is 10.1. The lowest BCUT2D eigenvalue weighted by Gasteiger charge is -2.27. The minimum absolute atomic E-state index is 0.0775. The van der Waals surface area contributed by atoms with E-state index in [1.807, 2.05) is 43.0 Å². The molecule has 0 unspecified atom stereocenters. The van der Waals surface area contributed by atoms with E-state index in [0.717, 1.165) is 17.9 Å². The molecule has 0 saturated carbocycles. The number of nitrogens with one attached hydrogen (secondary N) is 1. The zero-order valence-corrected chi connectivity index (χ0v) is 18.1. The number of hydrogen-bond donors (Lipinski definition) is 1. The van der Waals surface area contributed by atoms with Gasteiger partial charge in [-0.2, -0.15) is 0 Å². The molecule has 0 bridgehead atoms. The van der Waals surface area contributed by atoms with Gasteiger partial charge in [0.15, 0.2) is 0 Å². The molecule has 4 heteroatoms. The maximum absolute atomic E-state index is 13.0. The number of amides is 2. The smallest absolute Gasteiger partial charge is 0.322 e. The van der Waals surface area contributed by atoms with Crippen LogP contribution in [0.2, 0.25) is 0 Å². The Labute approximate surface area is 174 Å². The van der Waals surface area contributed by atoms with Crippen molar-refractivity contribution in [3.8, 4) is 0 Å². The van der Waals surface area contributed by atoms with Gasteiger partial charge < -0.3 is 14.8 Å². The topological polar surface area (TPSA) is 37.3 Å². The van der Waals surface area contributed by atoms with Crippen LogP contribution in [0.3, 0.4) is 0 Å². The SMILES string of the molecule is Cc1ccc(Cn2cccc2CN(C(=O)Nc2ccc(C)c(C)c2)C(C)C)cc1. The molecule has 2 aromatic carbocycles. The summed E-state index contributed by atoms with van der Waals surface area (Å²) in [6, 6.07) is 18.7. The molecule has 1 N–H and O–H groups in total. The van der Waals surface area contributed by atoms with E-state index in [1.54, 1.807) is 0 Å². The van der Waals surface area contributed by atoms with Crippen molar-refractivity contribution in [3.63, 3.8) is 0 Å². The Hall–Kier alpha value is -3.01. The van der Waals surface area contributed by atoms with E-state index in [9.17, 15) is 4.79 Å². The molecular weight excluding hydrogens is 358 g/mol. The number of carbonyl (C=O) groups excluding carboxylic acids is 1. The predicted molar refractivity (Wildman–Crippen MR) is 120 cm³/mol. The number of rotatable bonds is 6. The third-order valence-corrected chi connectivity index (χ3v) is 5.37. The van der Waals surface area contributed by atoms with Crippen LogP contribution in [0.25, 0.3) is 0 Å². The van der Waals surface area contributed by atoms with Gasteiger partial charge in [0.2, 0.25) is 0 Å². The van der Waals surface area contributed by atoms with Crippen molar-refractivity contribution < 1.29 is 4.79 Å². The summed E-state index contributed by atoms with van der Waals surface area (Å²) in [5.41, 5.74) is 6.86. The average molecular weight is 390 g/mol. The van der Waals surface area contributed by atoms with E-state index in [1.165, 1.54) is 22.3 Å². The number of urea groups is 1. The third kappa shape index (κ3) is 5.29. The molecular formula is C25H31N3O. The van der Waals surface area contributed by atoms with E-state index in [-0.39, 0.29) is 12.1 Å². The number of aryl methyl sites for hydroxylation is 3. The standard InChI is InChI=1S/C25H31N3O/c1-18(2)28(25(29)26-23-13-10-20(4)21(5)15-23)17-24-7-6-14-27(24)16-22-11-8-19(3)9-12-22/h6-15,18H,16-17H2,1-5H3,(H,26,29). The van der Waals surface area contributed by atoms with Crippen molar-refractivity contribution in [3.05, 3.63) is 88.7 Å². The molecule has 0 spiro atoms. The summed E-state index contributed by atoms with van der Waals surface area (Å²) in [5, 5.41) is 3.06. The summed E-state index contributed by atoms with van der Waals surface area (Å²) in [6.07, 6.45) is 2.08. The lowest BCUT2D eigenvalue weighted by molar-refractivity contribution is 0.192. The third-order valence-electron chi connectivity index (χ3n) is 5.37. The molecule has 3 aromatic rings. The van der Waals surface area contributed by atoms with Crippen LogP contribution >= 0.6 is 0 Å². The minimum Gasteiger partial charge on any atom is -0.345 e. The van der Waals surface area contributed by atoms with Crippen LogP contribution in [0.15, 0.2) is 60.8 Å². The van der Waals surface area contributed by atoms with Crippen LogP contribution in [0.5, 0.6) is 0 Å². The maximum Gasteiger partial charge on any atom is 0.322 e. The molecule has 0 atom stereocenters. The number of benzene rings is 2. The number of hydrogen-bond acceptors (Lipinski definition) is 1. The highest BCUT2D eigenvalue weighted by Crippen LogP contribution is 2.17. The fourth-order valence-electron chi connectivity index (χ4n) is 3.32. The van der Waals surface area contributed by atoms with E-state index in [2.05, 4.69) is 67.2 Å². The number of carbonyl (C=O) groups is 1. The highest BCUT2D eigenvalue weighted by Gasteiger charge is 2.19. The first-order valence-electron chi connectivity index (χ1n) is 10.2. The van der Waals surface area contributed by atoms with Gasteiger partial charge in [0.1, 0.15) is 0 Å². The summed E-state index contributed by atoms with van der Waals surface area (Å²) in [5.74, 6) is 0. The van der Waals surface area contributed by atoms with Crippen LogP contribution in [0.4, 0.5) is 10.5 Å². The number of nitrogens with zero attached hydrogens (tertiary/aromatic N) is 2. The molecule has 0 radical (unpaired) electrons. The summed E-state index contributed by atoms with van der Waals surface area (Å²) >= 11 is 0. The molecule has 0 aliphatic rings. The fraction of sp³-hybridized carbons (Fsp3) is 0.320. The first kappa shape index (κ1) is 20.7. The Morgan fingerprint density at radius 1 is 1.00 bits per heavy atom. The predicted octanol–water partition coefficient (Wildman–Crippen LogP) is 5.90. The Bertz CT molecular complexity index is 970. The van der Waals surface area contributed by atoms with Crippen molar-refractivity contribution in [2.24, 2.45) is 0 Å². The summed E-state index contributed by atoms with van der Waals surface area (Å²) in [4.78, 5) is 14.9. The van der Waals surface area contributed by atoms with Crippen LogP contribution < -0.4 is 5.32 Å². The number of aromatic nitrogens is 1. The van der Waals surface area contributed by atoms with E-state index < -0.39 is 0 Å². The molecule has 1 heterocycles. The monoisotopic (exact) mass is 389 g/mol. The molecule has 29 heavy (non-hydrogen) atoms. The molecule has 4 nitrogen and oxygen atoms in total. The normalized spacial score (nSPS) is 11.0. The molecule has 0 saturated heterocycles. The van der Waals surface area contributed by atoms with Crippen molar-refractivity contribution >= 4 is 11.7 Å². The van der Waals surface area contributed by atoms with E-state index >= 15 is 0 Å². The van der Waals surface area contributed by atoms with Crippen molar-refractivity contribution in [2.75, 3.05) is 5.32 Å². The van der Waals surface area contributed by atoms with Crippen molar-refractivity contribution in [2.45, 2.75) is 53.8 Å². The Morgan fingerprint density at radius 3 is 2.38 bits per heavy atom. The van der Waals surface area contributed by atoms with Crippen molar-refractivity contribution in [1.29, 1.82) is 0 Å². The van der Waals surface area contributed by atoms with Gasteiger partial charge in [0.05, 0.1) is 6.54 Å². The molecule has 1 aromatic heterocycles. The zero-order valence-electron chi connectivity index (χ0n) is 18.1. The summed E-state index contributed by atoms with van der Waals surface area (Å²) < 4.78 is 2.21. The zero-order chi connectivity index (χ0) is 21.0. The minimum atomic E-state index is -0.0775. The van der Waals surface area contributed by atoms with Gasteiger partial charge in [0.25, 0.3) is 0 Å². The average Bonchev–Trinajstić information content (AvgIpc) is 3.11. The molecule has 0 aliphatic carbocycles. The highest BCUT2D eigenvalue weighted by molar-refractivity contribution is 5.89. The van der Waals surface area contributed by atoms with E-state index in [4.69, 9.17) is 0 Å². The second-order valence-electron chi connectivity index (χ2n) is 8.06. The highest BCUT2D eigenvalue weighted by atomic mass is 16.2. The second kappa shape index (κ2) is 8.99. The van der Waals surface area contributed by atoms with Gasteiger partial charge in [-0.1, -0.05) is 35.9 Å². The van der Waals surface area contributed by atoms with E-state index in [0.29, 0.717) is 6.54 Å².